The first-order valence-corrected chi connectivity index (χ1v) is 6.02. The Bertz CT molecular complexity index is 472. The summed E-state index contributed by atoms with van der Waals surface area (Å²) in [4.78, 5) is 14.4. The van der Waals surface area contributed by atoms with Crippen molar-refractivity contribution in [2.45, 2.75) is 0 Å². The molecule has 0 saturated carbocycles. The SMILES string of the molecule is NC(=S)N1CCN(c2cccc([N+](=O)[O-])c2)CC1. The first kappa shape index (κ1) is 12.6. The summed E-state index contributed by atoms with van der Waals surface area (Å²) in [7, 11) is 0. The quantitative estimate of drug-likeness (QED) is 0.488. The average molecular weight is 266 g/mol. The van der Waals surface area contributed by atoms with Gasteiger partial charge >= 0.3 is 0 Å². The summed E-state index contributed by atoms with van der Waals surface area (Å²) in [6, 6.07) is 6.67. The molecule has 0 spiro atoms. The summed E-state index contributed by atoms with van der Waals surface area (Å²) in [5.41, 5.74) is 6.55. The molecule has 1 heterocycles. The standard InChI is InChI=1S/C11H14N4O2S/c12-11(18)14-6-4-13(5-7-14)9-2-1-3-10(8-9)15(16)17/h1-3,8H,4-7H2,(H2,12,18). The molecule has 1 fully saturated rings. The van der Waals surface area contributed by atoms with Crippen molar-refractivity contribution in [2.75, 3.05) is 31.1 Å². The van der Waals surface area contributed by atoms with Crippen molar-refractivity contribution in [1.29, 1.82) is 0 Å². The molecule has 0 unspecified atom stereocenters. The third-order valence-corrected chi connectivity index (χ3v) is 3.26. The maximum absolute atomic E-state index is 10.7. The Labute approximate surface area is 110 Å². The van der Waals surface area contributed by atoms with Crippen molar-refractivity contribution >= 4 is 28.7 Å². The van der Waals surface area contributed by atoms with Crippen molar-refractivity contribution < 1.29 is 4.92 Å². The number of thiocarbonyl (C=S) groups is 1. The molecular formula is C11H14N4O2S. The Kier molecular flexibility index (Phi) is 3.61. The van der Waals surface area contributed by atoms with Crippen LogP contribution in [0, 0.1) is 10.1 Å². The van der Waals surface area contributed by atoms with E-state index in [4.69, 9.17) is 18.0 Å². The normalized spacial score (nSPS) is 15.6. The van der Waals surface area contributed by atoms with E-state index >= 15 is 0 Å². The van der Waals surface area contributed by atoms with Gasteiger partial charge in [-0.3, -0.25) is 10.1 Å². The van der Waals surface area contributed by atoms with E-state index in [2.05, 4.69) is 4.90 Å². The summed E-state index contributed by atoms with van der Waals surface area (Å²) in [5, 5.41) is 11.1. The van der Waals surface area contributed by atoms with E-state index in [0.29, 0.717) is 5.11 Å². The predicted molar refractivity (Wildman–Crippen MR) is 73.7 cm³/mol. The number of nitro benzene ring substituents is 1. The Hall–Kier alpha value is -1.89. The van der Waals surface area contributed by atoms with Crippen molar-refractivity contribution in [3.63, 3.8) is 0 Å². The molecule has 2 N–H and O–H groups in total. The van der Waals surface area contributed by atoms with Gasteiger partial charge in [0, 0.05) is 44.0 Å². The number of nitrogens with two attached hydrogens (primary N) is 1. The van der Waals surface area contributed by atoms with E-state index in [0.717, 1.165) is 31.9 Å². The lowest BCUT2D eigenvalue weighted by atomic mass is 10.2. The fraction of sp³-hybridized carbons (Fsp3) is 0.364. The first-order chi connectivity index (χ1) is 8.58. The highest BCUT2D eigenvalue weighted by Gasteiger charge is 2.19. The molecule has 0 aromatic heterocycles. The molecule has 7 heteroatoms. The van der Waals surface area contributed by atoms with Crippen LogP contribution >= 0.6 is 12.2 Å². The molecule has 1 aliphatic heterocycles. The molecule has 6 nitrogen and oxygen atoms in total. The zero-order valence-electron chi connectivity index (χ0n) is 9.78. The van der Waals surface area contributed by atoms with Crippen LogP contribution < -0.4 is 10.6 Å². The van der Waals surface area contributed by atoms with E-state index in [9.17, 15) is 10.1 Å². The molecule has 0 amide bonds. The minimum absolute atomic E-state index is 0.115. The molecule has 1 aliphatic rings. The summed E-state index contributed by atoms with van der Waals surface area (Å²) < 4.78 is 0. The third-order valence-electron chi connectivity index (χ3n) is 3.00. The van der Waals surface area contributed by atoms with Crippen LogP contribution in [0.25, 0.3) is 0 Å². The highest BCUT2D eigenvalue weighted by molar-refractivity contribution is 7.80. The number of hydrogen-bond donors (Lipinski definition) is 1. The highest BCUT2D eigenvalue weighted by atomic mass is 32.1. The molecule has 1 aromatic rings. The van der Waals surface area contributed by atoms with E-state index in [1.165, 1.54) is 6.07 Å². The van der Waals surface area contributed by atoms with Crippen molar-refractivity contribution in [1.82, 2.24) is 4.90 Å². The Morgan fingerprint density at radius 1 is 1.33 bits per heavy atom. The van der Waals surface area contributed by atoms with Gasteiger partial charge in [0.15, 0.2) is 5.11 Å². The van der Waals surface area contributed by atoms with Gasteiger partial charge in [-0.15, -0.1) is 0 Å². The number of rotatable bonds is 2. The third kappa shape index (κ3) is 2.67. The molecule has 2 rings (SSSR count). The number of anilines is 1. The molecule has 1 saturated heterocycles. The van der Waals surface area contributed by atoms with E-state index in [1.54, 1.807) is 12.1 Å². The molecule has 0 bridgehead atoms. The van der Waals surface area contributed by atoms with Crippen molar-refractivity contribution in [3.05, 3.63) is 34.4 Å². The molecule has 0 radical (unpaired) electrons. The van der Waals surface area contributed by atoms with Crippen molar-refractivity contribution in [3.8, 4) is 0 Å². The van der Waals surface area contributed by atoms with Crippen LogP contribution in [0.3, 0.4) is 0 Å². The van der Waals surface area contributed by atoms with E-state index in [1.807, 2.05) is 11.0 Å². The summed E-state index contributed by atoms with van der Waals surface area (Å²) in [5.74, 6) is 0. The number of nitrogens with zero attached hydrogens (tertiary/aromatic N) is 3. The van der Waals surface area contributed by atoms with Gasteiger partial charge in [0.25, 0.3) is 5.69 Å². The molecule has 0 aliphatic carbocycles. The molecule has 18 heavy (non-hydrogen) atoms. The number of nitro groups is 1. The van der Waals surface area contributed by atoms with Gasteiger partial charge in [0.2, 0.25) is 0 Å². The molecule has 1 aromatic carbocycles. The maximum atomic E-state index is 10.7. The van der Waals surface area contributed by atoms with Gasteiger partial charge in [-0.2, -0.15) is 0 Å². The number of benzene rings is 1. The van der Waals surface area contributed by atoms with Crippen molar-refractivity contribution in [2.24, 2.45) is 5.73 Å². The van der Waals surface area contributed by atoms with Gasteiger partial charge in [0.1, 0.15) is 0 Å². The lowest BCUT2D eigenvalue weighted by Crippen LogP contribution is -2.50. The summed E-state index contributed by atoms with van der Waals surface area (Å²) in [6.07, 6.45) is 0. The van der Waals surface area contributed by atoms with Gasteiger partial charge < -0.3 is 15.5 Å². The number of hydrogen-bond acceptors (Lipinski definition) is 4. The highest BCUT2D eigenvalue weighted by Crippen LogP contribution is 2.22. The van der Waals surface area contributed by atoms with E-state index in [-0.39, 0.29) is 10.6 Å². The maximum Gasteiger partial charge on any atom is 0.271 e. The average Bonchev–Trinajstić information content (AvgIpc) is 2.39. The summed E-state index contributed by atoms with van der Waals surface area (Å²) in [6.45, 7) is 3.02. The van der Waals surface area contributed by atoms with Crippen LogP contribution in [0.2, 0.25) is 0 Å². The molecular weight excluding hydrogens is 252 g/mol. The largest absolute Gasteiger partial charge is 0.376 e. The minimum atomic E-state index is -0.380. The number of piperazine rings is 1. The second kappa shape index (κ2) is 5.18. The fourth-order valence-corrected chi connectivity index (χ4v) is 2.17. The minimum Gasteiger partial charge on any atom is -0.376 e. The molecule has 96 valence electrons. The Balaban J connectivity index is 2.07. The molecule has 0 atom stereocenters. The van der Waals surface area contributed by atoms with Crippen LogP contribution in [0.1, 0.15) is 0 Å². The second-order valence-corrected chi connectivity index (χ2v) is 4.51. The van der Waals surface area contributed by atoms with Gasteiger partial charge in [0.05, 0.1) is 4.92 Å². The first-order valence-electron chi connectivity index (χ1n) is 5.62. The van der Waals surface area contributed by atoms with Crippen LogP contribution in [-0.4, -0.2) is 41.1 Å². The summed E-state index contributed by atoms with van der Waals surface area (Å²) >= 11 is 4.92. The topological polar surface area (TPSA) is 75.6 Å². The second-order valence-electron chi connectivity index (χ2n) is 4.09. The van der Waals surface area contributed by atoms with Crippen LogP contribution in [0.15, 0.2) is 24.3 Å². The predicted octanol–water partition coefficient (Wildman–Crippen LogP) is 0.960. The van der Waals surface area contributed by atoms with Gasteiger partial charge in [-0.05, 0) is 18.3 Å². The fourth-order valence-electron chi connectivity index (χ4n) is 1.99. The van der Waals surface area contributed by atoms with Crippen LogP contribution in [0.5, 0.6) is 0 Å². The van der Waals surface area contributed by atoms with Crippen LogP contribution in [0.4, 0.5) is 11.4 Å². The zero-order valence-corrected chi connectivity index (χ0v) is 10.6. The zero-order chi connectivity index (χ0) is 13.1. The smallest absolute Gasteiger partial charge is 0.271 e. The van der Waals surface area contributed by atoms with Gasteiger partial charge in [-0.25, -0.2) is 0 Å². The number of non-ortho nitro benzene ring substituents is 1. The van der Waals surface area contributed by atoms with Crippen LogP contribution in [-0.2, 0) is 0 Å². The Morgan fingerprint density at radius 3 is 2.56 bits per heavy atom. The lowest BCUT2D eigenvalue weighted by molar-refractivity contribution is -0.384. The Morgan fingerprint density at radius 2 is 2.00 bits per heavy atom. The monoisotopic (exact) mass is 266 g/mol. The lowest BCUT2D eigenvalue weighted by Gasteiger charge is -2.36. The van der Waals surface area contributed by atoms with Gasteiger partial charge in [-0.1, -0.05) is 6.07 Å². The van der Waals surface area contributed by atoms with E-state index < -0.39 is 0 Å².